The van der Waals surface area contributed by atoms with Crippen LogP contribution in [0.25, 0.3) is 0 Å². The van der Waals surface area contributed by atoms with Crippen molar-refractivity contribution < 1.29 is 0 Å². The van der Waals surface area contributed by atoms with Gasteiger partial charge in [-0.3, -0.25) is 0 Å². The number of nitrogens with two attached hydrogens (primary N) is 1. The summed E-state index contributed by atoms with van der Waals surface area (Å²) in [7, 11) is 0. The summed E-state index contributed by atoms with van der Waals surface area (Å²) < 4.78 is 0. The van der Waals surface area contributed by atoms with Gasteiger partial charge in [0.15, 0.2) is 0 Å². The summed E-state index contributed by atoms with van der Waals surface area (Å²) in [5.41, 5.74) is 5.98. The molecule has 2 nitrogen and oxygen atoms in total. The smallest absolute Gasteiger partial charge is 0.0103 e. The van der Waals surface area contributed by atoms with E-state index in [-0.39, 0.29) is 0 Å². The minimum Gasteiger partial charge on any atom is -0.328 e. The minimum absolute atomic E-state index is 0.316. The van der Waals surface area contributed by atoms with Gasteiger partial charge in [-0.2, -0.15) is 0 Å². The van der Waals surface area contributed by atoms with Crippen LogP contribution in [0.15, 0.2) is 0 Å². The molecule has 0 aliphatic carbocycles. The molecule has 82 valence electrons. The lowest BCUT2D eigenvalue weighted by molar-refractivity contribution is 0.288. The molecule has 0 heterocycles. The molecule has 0 aromatic heterocycles. The average molecular weight is 196 g/mol. The average Bonchev–Trinajstić information content (AvgIpc) is 2.20. The lowest BCUT2D eigenvalue weighted by Crippen LogP contribution is -2.30. The van der Waals surface area contributed by atoms with Gasteiger partial charge in [-0.15, -0.1) is 11.8 Å². The van der Waals surface area contributed by atoms with Crippen molar-refractivity contribution in [2.24, 2.45) is 5.73 Å². The number of nitrogens with zero attached hydrogens (tertiary/aromatic N) is 1. The highest BCUT2D eigenvalue weighted by Gasteiger charge is 2.04. The molecule has 1 atom stereocenters. The molecule has 0 rings (SSSR count). The Labute approximate surface area is 88.9 Å². The number of rotatable bonds is 7. The molecule has 2 heteroatoms. The van der Waals surface area contributed by atoms with Crippen molar-refractivity contribution in [1.82, 2.24) is 4.90 Å². The van der Waals surface area contributed by atoms with Gasteiger partial charge in [-0.1, -0.05) is 13.8 Å². The predicted octanol–water partition coefficient (Wildman–Crippen LogP) is 1.85. The molecule has 0 spiro atoms. The first-order chi connectivity index (χ1) is 6.74. The fourth-order valence-electron chi connectivity index (χ4n) is 1.42. The van der Waals surface area contributed by atoms with Crippen LogP contribution in [-0.2, 0) is 0 Å². The van der Waals surface area contributed by atoms with Crippen molar-refractivity contribution in [3.63, 3.8) is 0 Å². The highest BCUT2D eigenvalue weighted by molar-refractivity contribution is 4.95. The Morgan fingerprint density at radius 2 is 1.86 bits per heavy atom. The Hall–Kier alpha value is -0.520. The SMILES string of the molecule is CC#CCCC(N)CCN(CC)CC. The van der Waals surface area contributed by atoms with Crippen molar-refractivity contribution in [1.29, 1.82) is 0 Å². The zero-order valence-electron chi connectivity index (χ0n) is 9.84. The van der Waals surface area contributed by atoms with Gasteiger partial charge in [0.2, 0.25) is 0 Å². The van der Waals surface area contributed by atoms with Crippen LogP contribution < -0.4 is 5.73 Å². The molecule has 2 N–H and O–H groups in total. The quantitative estimate of drug-likeness (QED) is 0.630. The maximum atomic E-state index is 5.98. The molecule has 0 amide bonds. The fourth-order valence-corrected chi connectivity index (χ4v) is 1.42. The highest BCUT2D eigenvalue weighted by Crippen LogP contribution is 2.00. The minimum atomic E-state index is 0.316. The fraction of sp³-hybridized carbons (Fsp3) is 0.833. The number of hydrogen-bond acceptors (Lipinski definition) is 2. The maximum absolute atomic E-state index is 5.98. The Bertz CT molecular complexity index is 174. The van der Waals surface area contributed by atoms with Gasteiger partial charge < -0.3 is 10.6 Å². The van der Waals surface area contributed by atoms with Crippen molar-refractivity contribution in [2.45, 2.75) is 46.1 Å². The van der Waals surface area contributed by atoms with Crippen LogP contribution in [-0.4, -0.2) is 30.6 Å². The molecule has 0 radical (unpaired) electrons. The molecule has 0 saturated heterocycles. The van der Waals surface area contributed by atoms with E-state index in [0.717, 1.165) is 38.9 Å². The summed E-state index contributed by atoms with van der Waals surface area (Å²) in [6.45, 7) is 9.63. The standard InChI is InChI=1S/C12H24N2/c1-4-7-8-9-12(13)10-11-14(5-2)6-3/h12H,5-6,8-11,13H2,1-3H3. The Morgan fingerprint density at radius 3 is 2.36 bits per heavy atom. The van der Waals surface area contributed by atoms with Gasteiger partial charge in [-0.25, -0.2) is 0 Å². The zero-order chi connectivity index (χ0) is 10.8. The molecule has 0 saturated carbocycles. The second-order valence-corrected chi connectivity index (χ2v) is 3.54. The van der Waals surface area contributed by atoms with Crippen molar-refractivity contribution >= 4 is 0 Å². The van der Waals surface area contributed by atoms with Gasteiger partial charge >= 0.3 is 0 Å². The van der Waals surface area contributed by atoms with E-state index in [9.17, 15) is 0 Å². The van der Waals surface area contributed by atoms with Gasteiger partial charge in [0, 0.05) is 12.5 Å². The van der Waals surface area contributed by atoms with E-state index >= 15 is 0 Å². The second-order valence-electron chi connectivity index (χ2n) is 3.54. The lowest BCUT2D eigenvalue weighted by atomic mass is 10.1. The van der Waals surface area contributed by atoms with Crippen LogP contribution in [0.5, 0.6) is 0 Å². The van der Waals surface area contributed by atoms with E-state index in [1.54, 1.807) is 0 Å². The molecular weight excluding hydrogens is 172 g/mol. The molecule has 14 heavy (non-hydrogen) atoms. The van der Waals surface area contributed by atoms with Gasteiger partial charge in [0.05, 0.1) is 0 Å². The molecule has 0 aromatic rings. The van der Waals surface area contributed by atoms with Crippen LogP contribution in [0.2, 0.25) is 0 Å². The van der Waals surface area contributed by atoms with E-state index in [2.05, 4.69) is 30.6 Å². The molecular formula is C12H24N2. The third-order valence-corrected chi connectivity index (χ3v) is 2.53. The van der Waals surface area contributed by atoms with Crippen molar-refractivity contribution in [3.05, 3.63) is 0 Å². The third kappa shape index (κ3) is 6.94. The molecule has 0 aliphatic rings. The van der Waals surface area contributed by atoms with Gasteiger partial charge in [0.25, 0.3) is 0 Å². The topological polar surface area (TPSA) is 29.3 Å². The Morgan fingerprint density at radius 1 is 1.21 bits per heavy atom. The van der Waals surface area contributed by atoms with E-state index in [1.807, 2.05) is 6.92 Å². The van der Waals surface area contributed by atoms with E-state index < -0.39 is 0 Å². The summed E-state index contributed by atoms with van der Waals surface area (Å²) in [4.78, 5) is 2.41. The summed E-state index contributed by atoms with van der Waals surface area (Å²) in [5, 5.41) is 0. The van der Waals surface area contributed by atoms with Crippen LogP contribution in [0.1, 0.15) is 40.0 Å². The van der Waals surface area contributed by atoms with Crippen LogP contribution in [0.4, 0.5) is 0 Å². The van der Waals surface area contributed by atoms with Crippen LogP contribution in [0.3, 0.4) is 0 Å². The molecule has 0 aromatic carbocycles. The molecule has 0 aliphatic heterocycles. The molecule has 0 fully saturated rings. The zero-order valence-corrected chi connectivity index (χ0v) is 9.84. The maximum Gasteiger partial charge on any atom is 0.0103 e. The Balaban J connectivity index is 3.49. The summed E-state index contributed by atoms with van der Waals surface area (Å²) in [6.07, 6.45) is 3.06. The van der Waals surface area contributed by atoms with Crippen LogP contribution in [0, 0.1) is 11.8 Å². The molecule has 1 unspecified atom stereocenters. The summed E-state index contributed by atoms with van der Waals surface area (Å²) in [5.74, 6) is 5.95. The molecule has 0 bridgehead atoms. The van der Waals surface area contributed by atoms with Crippen LogP contribution >= 0.6 is 0 Å². The second kappa shape index (κ2) is 9.05. The van der Waals surface area contributed by atoms with E-state index in [1.165, 1.54) is 0 Å². The van der Waals surface area contributed by atoms with Gasteiger partial charge in [-0.05, 0) is 39.4 Å². The predicted molar refractivity (Wildman–Crippen MR) is 63.1 cm³/mol. The van der Waals surface area contributed by atoms with Crippen molar-refractivity contribution in [2.75, 3.05) is 19.6 Å². The van der Waals surface area contributed by atoms with E-state index in [0.29, 0.717) is 6.04 Å². The first kappa shape index (κ1) is 13.5. The summed E-state index contributed by atoms with van der Waals surface area (Å²) >= 11 is 0. The third-order valence-electron chi connectivity index (χ3n) is 2.53. The van der Waals surface area contributed by atoms with Crippen molar-refractivity contribution in [3.8, 4) is 11.8 Å². The first-order valence-electron chi connectivity index (χ1n) is 5.62. The first-order valence-corrected chi connectivity index (χ1v) is 5.62. The lowest BCUT2D eigenvalue weighted by Gasteiger charge is -2.20. The Kier molecular flexibility index (Phi) is 8.72. The summed E-state index contributed by atoms with van der Waals surface area (Å²) in [6, 6.07) is 0.316. The number of hydrogen-bond donors (Lipinski definition) is 1. The monoisotopic (exact) mass is 196 g/mol. The largest absolute Gasteiger partial charge is 0.328 e. The van der Waals surface area contributed by atoms with Gasteiger partial charge in [0.1, 0.15) is 0 Å². The normalized spacial score (nSPS) is 12.4. The van der Waals surface area contributed by atoms with E-state index in [4.69, 9.17) is 5.73 Å². The highest BCUT2D eigenvalue weighted by atomic mass is 15.1.